The van der Waals surface area contributed by atoms with Crippen LogP contribution in [0.15, 0.2) is 0 Å². The van der Waals surface area contributed by atoms with Gasteiger partial charge >= 0.3 is 5.97 Å². The highest BCUT2D eigenvalue weighted by atomic mass is 16.4. The van der Waals surface area contributed by atoms with E-state index in [1.807, 2.05) is 0 Å². The van der Waals surface area contributed by atoms with Gasteiger partial charge in [-0.3, -0.25) is 9.59 Å². The predicted octanol–water partition coefficient (Wildman–Crippen LogP) is -3.29. The van der Waals surface area contributed by atoms with Crippen molar-refractivity contribution in [3.8, 4) is 0 Å². The third-order valence-electron chi connectivity index (χ3n) is 3.17. The maximum atomic E-state index is 11.7. The Hall–Kier alpha value is -1.55. The van der Waals surface area contributed by atoms with E-state index in [9.17, 15) is 24.6 Å². The third-order valence-corrected chi connectivity index (χ3v) is 3.17. The number of carbonyl (C=O) groups excluding carboxylic acids is 2. The van der Waals surface area contributed by atoms with E-state index in [4.69, 9.17) is 15.3 Å². The summed E-state index contributed by atoms with van der Waals surface area (Å²) in [6.45, 7) is -1.53. The second kappa shape index (κ2) is 6.75. The molecule has 0 aromatic rings. The standard InChI is InChI=1S/C11H17NO8/c13-4-7(15)10(18)9(17)6(14)3-12-5(11(19)20)1-2-8(12)16/h5,7,9-10,13,15,17-18H,1-4H2,(H,19,20). The van der Waals surface area contributed by atoms with Crippen molar-refractivity contribution >= 4 is 17.7 Å². The van der Waals surface area contributed by atoms with Gasteiger partial charge in [-0.25, -0.2) is 4.79 Å². The van der Waals surface area contributed by atoms with Crippen LogP contribution in [0.3, 0.4) is 0 Å². The number of Topliss-reactive ketones (excluding diaryl/α,β-unsaturated/α-hetero) is 1. The van der Waals surface area contributed by atoms with Gasteiger partial charge in [0, 0.05) is 6.42 Å². The molecule has 5 N–H and O–H groups in total. The molecule has 1 amide bonds. The normalized spacial score (nSPS) is 23.5. The Labute approximate surface area is 114 Å². The first-order valence-electron chi connectivity index (χ1n) is 5.99. The Kier molecular flexibility index (Phi) is 5.57. The SMILES string of the molecule is O=C(CN1C(=O)CCC1C(=O)O)C(O)C(O)C(O)CO. The Morgan fingerprint density at radius 3 is 2.40 bits per heavy atom. The van der Waals surface area contributed by atoms with Gasteiger partial charge in [-0.05, 0) is 6.42 Å². The van der Waals surface area contributed by atoms with Crippen molar-refractivity contribution in [3.05, 3.63) is 0 Å². The number of aliphatic carboxylic acids is 1. The number of carbonyl (C=O) groups is 3. The number of hydrogen-bond acceptors (Lipinski definition) is 7. The quantitative estimate of drug-likeness (QED) is 0.327. The molecule has 1 heterocycles. The molecule has 114 valence electrons. The molecule has 0 aromatic heterocycles. The zero-order valence-corrected chi connectivity index (χ0v) is 10.5. The number of hydrogen-bond donors (Lipinski definition) is 5. The summed E-state index contributed by atoms with van der Waals surface area (Å²) in [5.41, 5.74) is 0. The number of aliphatic hydroxyl groups is 4. The molecule has 1 aliphatic heterocycles. The molecular weight excluding hydrogens is 274 g/mol. The second-order valence-corrected chi connectivity index (χ2v) is 4.57. The van der Waals surface area contributed by atoms with Crippen LogP contribution in [-0.4, -0.2) is 85.6 Å². The van der Waals surface area contributed by atoms with Crippen LogP contribution in [0.1, 0.15) is 12.8 Å². The average molecular weight is 291 g/mol. The summed E-state index contributed by atoms with van der Waals surface area (Å²) in [7, 11) is 0. The molecule has 0 spiro atoms. The lowest BCUT2D eigenvalue weighted by atomic mass is 10.0. The van der Waals surface area contributed by atoms with E-state index in [0.717, 1.165) is 4.90 Å². The van der Waals surface area contributed by atoms with Gasteiger partial charge in [0.25, 0.3) is 0 Å². The van der Waals surface area contributed by atoms with Crippen LogP contribution < -0.4 is 0 Å². The lowest BCUT2D eigenvalue weighted by Gasteiger charge is -2.25. The molecule has 0 radical (unpaired) electrons. The first kappa shape index (κ1) is 16.5. The fourth-order valence-electron chi connectivity index (χ4n) is 1.96. The van der Waals surface area contributed by atoms with Gasteiger partial charge in [0.2, 0.25) is 5.91 Å². The van der Waals surface area contributed by atoms with Crippen LogP contribution in [0.2, 0.25) is 0 Å². The van der Waals surface area contributed by atoms with Crippen LogP contribution in [-0.2, 0) is 14.4 Å². The number of carboxylic acid groups (broad SMARTS) is 1. The van der Waals surface area contributed by atoms with Crippen molar-refractivity contribution < 1.29 is 39.9 Å². The molecule has 0 aromatic carbocycles. The molecule has 4 unspecified atom stereocenters. The predicted molar refractivity (Wildman–Crippen MR) is 62.5 cm³/mol. The zero-order chi connectivity index (χ0) is 15.4. The lowest BCUT2D eigenvalue weighted by molar-refractivity contribution is -0.150. The van der Waals surface area contributed by atoms with Gasteiger partial charge in [-0.2, -0.15) is 0 Å². The molecule has 1 saturated heterocycles. The molecule has 4 atom stereocenters. The molecular formula is C11H17NO8. The first-order chi connectivity index (χ1) is 9.29. The van der Waals surface area contributed by atoms with E-state index >= 15 is 0 Å². The molecule has 0 aliphatic carbocycles. The summed E-state index contributed by atoms with van der Waals surface area (Å²) >= 11 is 0. The third kappa shape index (κ3) is 3.51. The molecule has 9 nitrogen and oxygen atoms in total. The number of carboxylic acids is 1. The minimum atomic E-state index is -2.01. The minimum Gasteiger partial charge on any atom is -0.480 e. The van der Waals surface area contributed by atoms with E-state index in [2.05, 4.69) is 0 Å². The highest BCUT2D eigenvalue weighted by Crippen LogP contribution is 2.19. The maximum absolute atomic E-state index is 11.7. The molecule has 0 bridgehead atoms. The molecule has 20 heavy (non-hydrogen) atoms. The highest BCUT2D eigenvalue weighted by molar-refractivity contribution is 5.93. The van der Waals surface area contributed by atoms with Crippen LogP contribution in [0, 0.1) is 0 Å². The number of aliphatic hydroxyl groups excluding tert-OH is 4. The van der Waals surface area contributed by atoms with E-state index in [-0.39, 0.29) is 12.8 Å². The van der Waals surface area contributed by atoms with Gasteiger partial charge in [0.15, 0.2) is 5.78 Å². The van der Waals surface area contributed by atoms with Crippen LogP contribution in [0.5, 0.6) is 0 Å². The summed E-state index contributed by atoms with van der Waals surface area (Å²) in [4.78, 5) is 34.9. The van der Waals surface area contributed by atoms with Crippen molar-refractivity contribution in [1.29, 1.82) is 0 Å². The molecule has 9 heteroatoms. The first-order valence-corrected chi connectivity index (χ1v) is 5.99. The Bertz CT molecular complexity index is 398. The Morgan fingerprint density at radius 2 is 1.90 bits per heavy atom. The fourth-order valence-corrected chi connectivity index (χ4v) is 1.96. The van der Waals surface area contributed by atoms with Gasteiger partial charge in [-0.15, -0.1) is 0 Å². The number of rotatable bonds is 7. The monoisotopic (exact) mass is 291 g/mol. The van der Waals surface area contributed by atoms with Gasteiger partial charge in [0.05, 0.1) is 13.2 Å². The van der Waals surface area contributed by atoms with E-state index in [1.165, 1.54) is 0 Å². The summed E-state index contributed by atoms with van der Waals surface area (Å²) < 4.78 is 0. The second-order valence-electron chi connectivity index (χ2n) is 4.57. The summed E-state index contributed by atoms with van der Waals surface area (Å²) in [6, 6.07) is -1.14. The van der Waals surface area contributed by atoms with Gasteiger partial charge < -0.3 is 30.4 Å². The maximum Gasteiger partial charge on any atom is 0.326 e. The number of likely N-dealkylation sites (tertiary alicyclic amines) is 1. The topological polar surface area (TPSA) is 156 Å². The van der Waals surface area contributed by atoms with Crippen molar-refractivity contribution in [2.75, 3.05) is 13.2 Å². The molecule has 0 saturated carbocycles. The Balaban J connectivity index is 2.69. The molecule has 1 fully saturated rings. The van der Waals surface area contributed by atoms with Crippen LogP contribution in [0.4, 0.5) is 0 Å². The van der Waals surface area contributed by atoms with Gasteiger partial charge in [0.1, 0.15) is 24.4 Å². The minimum absolute atomic E-state index is 0.0117. The summed E-state index contributed by atoms with van der Waals surface area (Å²) in [6.07, 6.45) is -5.58. The smallest absolute Gasteiger partial charge is 0.326 e. The van der Waals surface area contributed by atoms with Crippen LogP contribution in [0.25, 0.3) is 0 Å². The van der Waals surface area contributed by atoms with Gasteiger partial charge in [-0.1, -0.05) is 0 Å². The number of nitrogens with zero attached hydrogens (tertiary/aromatic N) is 1. The summed E-state index contributed by atoms with van der Waals surface area (Å²) in [5, 5.41) is 45.5. The van der Waals surface area contributed by atoms with Crippen molar-refractivity contribution in [2.45, 2.75) is 37.2 Å². The van der Waals surface area contributed by atoms with E-state index < -0.39 is 55.2 Å². The number of ketones is 1. The Morgan fingerprint density at radius 1 is 1.30 bits per heavy atom. The van der Waals surface area contributed by atoms with Crippen molar-refractivity contribution in [3.63, 3.8) is 0 Å². The van der Waals surface area contributed by atoms with Crippen molar-refractivity contribution in [2.24, 2.45) is 0 Å². The average Bonchev–Trinajstić information content (AvgIpc) is 2.77. The van der Waals surface area contributed by atoms with E-state index in [0.29, 0.717) is 0 Å². The van der Waals surface area contributed by atoms with Crippen LogP contribution >= 0.6 is 0 Å². The molecule has 1 rings (SSSR count). The highest BCUT2D eigenvalue weighted by Gasteiger charge is 2.39. The fraction of sp³-hybridized carbons (Fsp3) is 0.727. The molecule has 1 aliphatic rings. The van der Waals surface area contributed by atoms with Crippen molar-refractivity contribution in [1.82, 2.24) is 4.90 Å². The van der Waals surface area contributed by atoms with E-state index in [1.54, 1.807) is 0 Å². The number of amides is 1. The largest absolute Gasteiger partial charge is 0.480 e. The lowest BCUT2D eigenvalue weighted by Crippen LogP contribution is -2.49. The zero-order valence-electron chi connectivity index (χ0n) is 10.5. The summed E-state index contributed by atoms with van der Waals surface area (Å²) in [5.74, 6) is -2.80.